The molecule has 4 rings (SSSR count). The molecule has 2 aliphatic rings. The van der Waals surface area contributed by atoms with Gasteiger partial charge in [-0.2, -0.15) is 0 Å². The van der Waals surface area contributed by atoms with Crippen molar-refractivity contribution in [2.45, 2.75) is 63.5 Å². The number of hydrogen-bond acceptors (Lipinski definition) is 5. The second kappa shape index (κ2) is 10.6. The summed E-state index contributed by atoms with van der Waals surface area (Å²) in [5.74, 6) is -1.84. The van der Waals surface area contributed by atoms with E-state index in [0.717, 1.165) is 31.7 Å². The second-order valence-electron chi connectivity index (χ2n) is 9.55. The SMILES string of the molecule is CC1c2cc(F)cc(F)c2OC1C(Nc1ccc(C(=O)N(C)CCC(=O)O)cn1)C1CCCCC1. The van der Waals surface area contributed by atoms with Crippen molar-refractivity contribution in [1.29, 1.82) is 0 Å². The van der Waals surface area contributed by atoms with Gasteiger partial charge in [0, 0.05) is 37.3 Å². The number of fused-ring (bicyclic) bond motifs is 1. The molecule has 0 bridgehead atoms. The Kier molecular flexibility index (Phi) is 7.52. The molecule has 0 saturated heterocycles. The van der Waals surface area contributed by atoms with Gasteiger partial charge in [-0.3, -0.25) is 9.59 Å². The van der Waals surface area contributed by atoms with Gasteiger partial charge in [-0.1, -0.05) is 26.2 Å². The number of carboxylic acid groups (broad SMARTS) is 1. The van der Waals surface area contributed by atoms with Gasteiger partial charge in [-0.05, 0) is 37.0 Å². The minimum Gasteiger partial charge on any atom is -0.484 e. The first-order chi connectivity index (χ1) is 16.7. The van der Waals surface area contributed by atoms with Crippen LogP contribution < -0.4 is 10.1 Å². The molecule has 2 aromatic rings. The smallest absolute Gasteiger partial charge is 0.305 e. The highest BCUT2D eigenvalue weighted by Gasteiger charge is 2.42. The molecule has 1 aliphatic heterocycles. The summed E-state index contributed by atoms with van der Waals surface area (Å²) in [5.41, 5.74) is 0.890. The van der Waals surface area contributed by atoms with E-state index >= 15 is 0 Å². The Morgan fingerprint density at radius 1 is 1.23 bits per heavy atom. The lowest BCUT2D eigenvalue weighted by molar-refractivity contribution is -0.137. The number of amides is 1. The molecule has 9 heteroatoms. The minimum atomic E-state index is -0.968. The lowest BCUT2D eigenvalue weighted by Crippen LogP contribution is -2.45. The molecule has 1 amide bonds. The number of ether oxygens (including phenoxy) is 1. The third-order valence-corrected chi connectivity index (χ3v) is 7.12. The molecular formula is C26H31F2N3O4. The summed E-state index contributed by atoms with van der Waals surface area (Å²) in [6.07, 6.45) is 6.31. The van der Waals surface area contributed by atoms with E-state index < -0.39 is 23.7 Å². The zero-order valence-corrected chi connectivity index (χ0v) is 20.0. The maximum absolute atomic E-state index is 14.4. The molecule has 2 heterocycles. The van der Waals surface area contributed by atoms with Crippen molar-refractivity contribution in [3.8, 4) is 5.75 Å². The van der Waals surface area contributed by atoms with Crippen LogP contribution in [0.1, 0.15) is 67.3 Å². The Labute approximate surface area is 203 Å². The summed E-state index contributed by atoms with van der Waals surface area (Å²) in [5, 5.41) is 12.3. The van der Waals surface area contributed by atoms with E-state index in [1.165, 1.54) is 23.6 Å². The summed E-state index contributed by atoms with van der Waals surface area (Å²) in [4.78, 5) is 29.1. The van der Waals surface area contributed by atoms with Crippen LogP contribution >= 0.6 is 0 Å². The Balaban J connectivity index is 1.52. The third-order valence-electron chi connectivity index (χ3n) is 7.12. The van der Waals surface area contributed by atoms with Crippen LogP contribution in [-0.2, 0) is 4.79 Å². The van der Waals surface area contributed by atoms with Gasteiger partial charge in [0.2, 0.25) is 0 Å². The Morgan fingerprint density at radius 2 is 1.97 bits per heavy atom. The Bertz CT molecular complexity index is 1070. The van der Waals surface area contributed by atoms with E-state index in [-0.39, 0.29) is 42.5 Å². The molecule has 0 radical (unpaired) electrons. The van der Waals surface area contributed by atoms with Crippen LogP contribution in [0.15, 0.2) is 30.5 Å². The monoisotopic (exact) mass is 487 g/mol. The van der Waals surface area contributed by atoms with E-state index in [9.17, 15) is 18.4 Å². The zero-order chi connectivity index (χ0) is 25.1. The highest BCUT2D eigenvalue weighted by atomic mass is 19.1. The normalized spacial score (nSPS) is 20.6. The molecule has 2 N–H and O–H groups in total. The largest absolute Gasteiger partial charge is 0.484 e. The molecule has 1 aliphatic carbocycles. The fourth-order valence-corrected chi connectivity index (χ4v) is 5.17. The predicted molar refractivity (Wildman–Crippen MR) is 127 cm³/mol. The number of benzene rings is 1. The summed E-state index contributed by atoms with van der Waals surface area (Å²) in [7, 11) is 1.55. The second-order valence-corrected chi connectivity index (χ2v) is 9.55. The number of aliphatic carboxylic acids is 1. The van der Waals surface area contributed by atoms with Crippen molar-refractivity contribution in [2.75, 3.05) is 18.9 Å². The van der Waals surface area contributed by atoms with Crippen molar-refractivity contribution in [3.05, 3.63) is 53.2 Å². The first-order valence-electron chi connectivity index (χ1n) is 12.1. The number of carbonyl (C=O) groups excluding carboxylic acids is 1. The minimum absolute atomic E-state index is 0.104. The topological polar surface area (TPSA) is 91.8 Å². The van der Waals surface area contributed by atoms with Crippen LogP contribution in [0.5, 0.6) is 5.75 Å². The lowest BCUT2D eigenvalue weighted by atomic mass is 9.78. The molecular weight excluding hydrogens is 456 g/mol. The highest BCUT2D eigenvalue weighted by Crippen LogP contribution is 2.44. The van der Waals surface area contributed by atoms with Crippen molar-refractivity contribution in [3.63, 3.8) is 0 Å². The Morgan fingerprint density at radius 3 is 2.63 bits per heavy atom. The van der Waals surface area contributed by atoms with Gasteiger partial charge < -0.3 is 20.1 Å². The average molecular weight is 488 g/mol. The molecule has 1 saturated carbocycles. The van der Waals surface area contributed by atoms with E-state index in [0.29, 0.717) is 16.9 Å². The average Bonchev–Trinajstić information content (AvgIpc) is 3.17. The number of halogens is 2. The van der Waals surface area contributed by atoms with Gasteiger partial charge in [0.15, 0.2) is 11.6 Å². The molecule has 1 fully saturated rings. The number of nitrogens with zero attached hydrogens (tertiary/aromatic N) is 2. The summed E-state index contributed by atoms with van der Waals surface area (Å²) in [6.45, 7) is 2.03. The van der Waals surface area contributed by atoms with E-state index in [4.69, 9.17) is 9.84 Å². The zero-order valence-electron chi connectivity index (χ0n) is 20.0. The van der Waals surface area contributed by atoms with Crippen molar-refractivity contribution < 1.29 is 28.2 Å². The van der Waals surface area contributed by atoms with Crippen LogP contribution in [0.4, 0.5) is 14.6 Å². The first kappa shape index (κ1) is 24.9. The van der Waals surface area contributed by atoms with Crippen molar-refractivity contribution >= 4 is 17.7 Å². The molecule has 35 heavy (non-hydrogen) atoms. The van der Waals surface area contributed by atoms with Gasteiger partial charge in [0.1, 0.15) is 17.7 Å². The number of rotatable bonds is 8. The fourth-order valence-electron chi connectivity index (χ4n) is 5.17. The number of hydrogen-bond donors (Lipinski definition) is 2. The Hall–Kier alpha value is -3.23. The van der Waals surface area contributed by atoms with Gasteiger partial charge in [0.25, 0.3) is 5.91 Å². The van der Waals surface area contributed by atoms with E-state index in [1.807, 2.05) is 6.92 Å². The molecule has 3 atom stereocenters. The maximum Gasteiger partial charge on any atom is 0.305 e. The van der Waals surface area contributed by atoms with Crippen molar-refractivity contribution in [1.82, 2.24) is 9.88 Å². The summed E-state index contributed by atoms with van der Waals surface area (Å²) < 4.78 is 34.4. The molecule has 1 aromatic carbocycles. The molecule has 0 spiro atoms. The van der Waals surface area contributed by atoms with Crippen molar-refractivity contribution in [2.24, 2.45) is 5.92 Å². The summed E-state index contributed by atoms with van der Waals surface area (Å²) in [6, 6.07) is 5.38. The van der Waals surface area contributed by atoms with Crippen LogP contribution in [0.3, 0.4) is 0 Å². The number of carboxylic acids is 1. The van der Waals surface area contributed by atoms with Crippen LogP contribution in [-0.4, -0.2) is 52.6 Å². The van der Waals surface area contributed by atoms with Crippen LogP contribution in [0, 0.1) is 17.6 Å². The third kappa shape index (κ3) is 5.55. The number of pyridine rings is 1. The molecule has 1 aromatic heterocycles. The molecule has 3 unspecified atom stereocenters. The quantitative estimate of drug-likeness (QED) is 0.554. The van der Waals surface area contributed by atoms with Crippen LogP contribution in [0.25, 0.3) is 0 Å². The lowest BCUT2D eigenvalue weighted by Gasteiger charge is -2.36. The van der Waals surface area contributed by atoms with E-state index in [2.05, 4.69) is 10.3 Å². The fraction of sp³-hybridized carbons (Fsp3) is 0.500. The number of aromatic nitrogens is 1. The van der Waals surface area contributed by atoms with Gasteiger partial charge in [-0.25, -0.2) is 13.8 Å². The number of anilines is 1. The number of carbonyl (C=O) groups is 2. The van der Waals surface area contributed by atoms with Gasteiger partial charge in [0.05, 0.1) is 18.0 Å². The van der Waals surface area contributed by atoms with Gasteiger partial charge in [-0.15, -0.1) is 0 Å². The maximum atomic E-state index is 14.4. The highest BCUT2D eigenvalue weighted by molar-refractivity contribution is 5.94. The van der Waals surface area contributed by atoms with Gasteiger partial charge >= 0.3 is 5.97 Å². The van der Waals surface area contributed by atoms with E-state index in [1.54, 1.807) is 19.2 Å². The summed E-state index contributed by atoms with van der Waals surface area (Å²) >= 11 is 0. The first-order valence-corrected chi connectivity index (χ1v) is 12.1. The predicted octanol–water partition coefficient (Wildman–Crippen LogP) is 4.83. The number of nitrogens with one attached hydrogen (secondary N) is 1. The molecule has 7 nitrogen and oxygen atoms in total. The molecule has 188 valence electrons. The standard InChI is InChI=1S/C26H31F2N3O4/c1-15-19-12-18(27)13-20(28)25(19)35-24(15)23(16-6-4-3-5-7-16)30-21-9-8-17(14-29-21)26(34)31(2)11-10-22(32)33/h8-9,12-16,23-24H,3-7,10-11H2,1-2H3,(H,29,30)(H,32,33). The van der Waals surface area contributed by atoms with Crippen LogP contribution in [0.2, 0.25) is 0 Å².